The third-order valence-electron chi connectivity index (χ3n) is 4.67. The monoisotopic (exact) mass is 505 g/mol. The third-order valence-corrected chi connectivity index (χ3v) is 4.67. The van der Waals surface area contributed by atoms with E-state index in [-0.39, 0.29) is 18.2 Å². The molecule has 2 aromatic carbocycles. The predicted octanol–water partition coefficient (Wildman–Crippen LogP) is 3.23. The summed E-state index contributed by atoms with van der Waals surface area (Å²) < 4.78 is 46.6. The number of hydrogen-bond donors (Lipinski definition) is 2. The molecule has 0 radical (unpaired) electrons. The first-order valence-electron chi connectivity index (χ1n) is 10.2. The van der Waals surface area contributed by atoms with Gasteiger partial charge >= 0.3 is 18.3 Å². The van der Waals surface area contributed by atoms with Gasteiger partial charge in [-0.15, -0.1) is 13.2 Å². The average molecular weight is 505 g/mol. The summed E-state index contributed by atoms with van der Waals surface area (Å²) in [6, 6.07) is 12.3. The van der Waals surface area contributed by atoms with E-state index >= 15 is 0 Å². The summed E-state index contributed by atoms with van der Waals surface area (Å²) in [5.74, 6) is -3.21. The number of fused-ring (bicyclic) bond motifs is 1. The Balaban J connectivity index is 0.000000538. The highest BCUT2D eigenvalue weighted by Gasteiger charge is 2.31. The largest absolute Gasteiger partial charge is 0.573 e. The Hall–Kier alpha value is -4.68. The first-order chi connectivity index (χ1) is 17.0. The molecule has 0 spiro atoms. The van der Waals surface area contributed by atoms with Crippen LogP contribution in [-0.4, -0.2) is 62.4 Å². The molecule has 1 aliphatic rings. The molecule has 2 heterocycles. The SMILES string of the molecule is O=C(O)C(=O)O.O=C1c2cc(-c3ccc(OC(F)(F)F)cc3)ccc2OCCN1Cc1ncccn1. The van der Waals surface area contributed by atoms with E-state index < -0.39 is 18.3 Å². The minimum absolute atomic E-state index is 0.228. The van der Waals surface area contributed by atoms with Crippen LogP contribution in [0.1, 0.15) is 16.2 Å². The molecule has 0 saturated heterocycles. The fourth-order valence-corrected chi connectivity index (χ4v) is 3.12. The van der Waals surface area contributed by atoms with Crippen molar-refractivity contribution in [1.29, 1.82) is 0 Å². The summed E-state index contributed by atoms with van der Waals surface area (Å²) in [5.41, 5.74) is 1.68. The predicted molar refractivity (Wildman–Crippen MR) is 116 cm³/mol. The molecule has 0 bridgehead atoms. The summed E-state index contributed by atoms with van der Waals surface area (Å²) in [4.78, 5) is 41.2. The van der Waals surface area contributed by atoms with Crippen molar-refractivity contribution < 1.29 is 47.2 Å². The Morgan fingerprint density at radius 3 is 2.19 bits per heavy atom. The van der Waals surface area contributed by atoms with Gasteiger partial charge in [-0.2, -0.15) is 0 Å². The van der Waals surface area contributed by atoms with Crippen LogP contribution in [0.4, 0.5) is 13.2 Å². The van der Waals surface area contributed by atoms with Crippen molar-refractivity contribution in [2.24, 2.45) is 0 Å². The van der Waals surface area contributed by atoms with Crippen LogP contribution >= 0.6 is 0 Å². The lowest BCUT2D eigenvalue weighted by Crippen LogP contribution is -2.32. The molecule has 3 aromatic rings. The van der Waals surface area contributed by atoms with Crippen molar-refractivity contribution in [3.8, 4) is 22.6 Å². The summed E-state index contributed by atoms with van der Waals surface area (Å²) >= 11 is 0. The van der Waals surface area contributed by atoms with Crippen LogP contribution in [0.2, 0.25) is 0 Å². The number of carboxylic acid groups (broad SMARTS) is 2. The van der Waals surface area contributed by atoms with Crippen molar-refractivity contribution in [2.75, 3.05) is 13.2 Å². The van der Waals surface area contributed by atoms with Gasteiger partial charge in [0.1, 0.15) is 23.9 Å². The summed E-state index contributed by atoms with van der Waals surface area (Å²) in [7, 11) is 0. The zero-order valence-corrected chi connectivity index (χ0v) is 18.3. The Labute approximate surface area is 201 Å². The average Bonchev–Trinajstić information content (AvgIpc) is 2.98. The summed E-state index contributed by atoms with van der Waals surface area (Å²) in [6.45, 7) is 0.954. The minimum Gasteiger partial charge on any atom is -0.491 e. The van der Waals surface area contributed by atoms with E-state index in [1.54, 1.807) is 41.6 Å². The molecule has 0 atom stereocenters. The van der Waals surface area contributed by atoms with E-state index in [4.69, 9.17) is 24.5 Å². The molecule has 0 fully saturated rings. The Bertz CT molecular complexity index is 1220. The number of amides is 1. The highest BCUT2D eigenvalue weighted by molar-refractivity contribution is 6.27. The lowest BCUT2D eigenvalue weighted by atomic mass is 10.0. The standard InChI is InChI=1S/C21H16F3N3O3.C2H2O4/c22-21(23,24)30-16-5-2-14(3-6-16)15-4-7-18-17(12-15)20(28)27(10-11-29-18)13-19-25-8-1-9-26-19;3-1(4)2(5)6/h1-9,12H,10-11,13H2;(H,3,4)(H,5,6). The molecule has 13 heteroatoms. The van der Waals surface area contributed by atoms with Gasteiger partial charge < -0.3 is 24.6 Å². The van der Waals surface area contributed by atoms with Gasteiger partial charge in [0, 0.05) is 12.4 Å². The van der Waals surface area contributed by atoms with Crippen LogP contribution in [0, 0.1) is 0 Å². The maximum absolute atomic E-state index is 13.1. The zero-order chi connectivity index (χ0) is 26.3. The van der Waals surface area contributed by atoms with E-state index in [0.29, 0.717) is 41.4 Å². The smallest absolute Gasteiger partial charge is 0.491 e. The van der Waals surface area contributed by atoms with Gasteiger partial charge in [0.05, 0.1) is 18.7 Å². The molecular weight excluding hydrogens is 487 g/mol. The number of rotatable bonds is 4. The van der Waals surface area contributed by atoms with Crippen molar-refractivity contribution in [3.63, 3.8) is 0 Å². The van der Waals surface area contributed by atoms with E-state index in [1.807, 2.05) is 0 Å². The quantitative estimate of drug-likeness (QED) is 0.512. The summed E-state index contributed by atoms with van der Waals surface area (Å²) in [5, 5.41) is 14.8. The molecule has 0 unspecified atom stereocenters. The fraction of sp³-hybridized carbons (Fsp3) is 0.174. The second kappa shape index (κ2) is 11.2. The van der Waals surface area contributed by atoms with Crippen molar-refractivity contribution in [3.05, 3.63) is 72.3 Å². The molecule has 188 valence electrons. The van der Waals surface area contributed by atoms with Gasteiger partial charge in [0.2, 0.25) is 0 Å². The van der Waals surface area contributed by atoms with E-state index in [9.17, 15) is 18.0 Å². The van der Waals surface area contributed by atoms with Gasteiger partial charge in [-0.3, -0.25) is 4.79 Å². The van der Waals surface area contributed by atoms with Gasteiger partial charge in [-0.05, 0) is 41.5 Å². The second-order valence-electron chi connectivity index (χ2n) is 7.13. The Kier molecular flexibility index (Phi) is 8.04. The lowest BCUT2D eigenvalue weighted by Gasteiger charge is -2.19. The van der Waals surface area contributed by atoms with E-state index in [2.05, 4.69) is 14.7 Å². The molecular formula is C23H18F3N3O7. The molecule has 1 aliphatic heterocycles. The van der Waals surface area contributed by atoms with Gasteiger partial charge in [-0.25, -0.2) is 19.6 Å². The van der Waals surface area contributed by atoms with Gasteiger partial charge in [0.15, 0.2) is 0 Å². The zero-order valence-electron chi connectivity index (χ0n) is 18.3. The number of hydrogen-bond acceptors (Lipinski definition) is 7. The molecule has 10 nitrogen and oxygen atoms in total. The van der Waals surface area contributed by atoms with Crippen LogP contribution in [0.15, 0.2) is 60.9 Å². The normalized spacial score (nSPS) is 12.9. The molecule has 0 saturated carbocycles. The second-order valence-corrected chi connectivity index (χ2v) is 7.13. The highest BCUT2D eigenvalue weighted by atomic mass is 19.4. The van der Waals surface area contributed by atoms with Crippen LogP contribution in [0.25, 0.3) is 11.1 Å². The number of carbonyl (C=O) groups excluding carboxylic acids is 1. The maximum atomic E-state index is 13.1. The number of carboxylic acids is 2. The number of halogens is 3. The fourth-order valence-electron chi connectivity index (χ4n) is 3.12. The van der Waals surface area contributed by atoms with Gasteiger partial charge in [0.25, 0.3) is 5.91 Å². The van der Waals surface area contributed by atoms with Crippen molar-refractivity contribution >= 4 is 17.8 Å². The molecule has 36 heavy (non-hydrogen) atoms. The maximum Gasteiger partial charge on any atom is 0.573 e. The van der Waals surface area contributed by atoms with Crippen molar-refractivity contribution in [2.45, 2.75) is 12.9 Å². The van der Waals surface area contributed by atoms with E-state index in [1.165, 1.54) is 24.3 Å². The molecule has 4 rings (SSSR count). The number of carbonyl (C=O) groups is 3. The first-order valence-corrected chi connectivity index (χ1v) is 10.2. The molecule has 0 aliphatic carbocycles. The Morgan fingerprint density at radius 1 is 1.00 bits per heavy atom. The number of alkyl halides is 3. The lowest BCUT2D eigenvalue weighted by molar-refractivity contribution is -0.274. The number of aliphatic carboxylic acids is 2. The first kappa shape index (κ1) is 25.9. The highest BCUT2D eigenvalue weighted by Crippen LogP contribution is 2.31. The third kappa shape index (κ3) is 7.16. The number of nitrogens with zero attached hydrogens (tertiary/aromatic N) is 3. The van der Waals surface area contributed by atoms with Crippen molar-refractivity contribution in [1.82, 2.24) is 14.9 Å². The molecule has 1 aromatic heterocycles. The van der Waals surface area contributed by atoms with Crippen LogP contribution in [0.3, 0.4) is 0 Å². The molecule has 1 amide bonds. The minimum atomic E-state index is -4.75. The Morgan fingerprint density at radius 2 is 1.61 bits per heavy atom. The number of aromatic nitrogens is 2. The summed E-state index contributed by atoms with van der Waals surface area (Å²) in [6.07, 6.45) is -1.53. The van der Waals surface area contributed by atoms with Gasteiger partial charge in [-0.1, -0.05) is 18.2 Å². The number of benzene rings is 2. The number of ether oxygens (including phenoxy) is 2. The van der Waals surface area contributed by atoms with E-state index in [0.717, 1.165) is 0 Å². The van der Waals surface area contributed by atoms with Crippen LogP contribution in [-0.2, 0) is 16.1 Å². The van der Waals surface area contributed by atoms with Crippen LogP contribution in [0.5, 0.6) is 11.5 Å². The topological polar surface area (TPSA) is 139 Å². The van der Waals surface area contributed by atoms with Crippen LogP contribution < -0.4 is 9.47 Å². The molecule has 2 N–H and O–H groups in total.